The first-order valence-electron chi connectivity index (χ1n) is 14.3. The molecule has 6 aromatic rings. The third-order valence-electron chi connectivity index (χ3n) is 7.78. The second kappa shape index (κ2) is 11.1. The first-order chi connectivity index (χ1) is 21.7. The van der Waals surface area contributed by atoms with Gasteiger partial charge in [0.25, 0.3) is 11.8 Å². The molecule has 1 fully saturated rings. The largest absolute Gasteiger partial charge is 0.497 e. The molecule has 0 aliphatic carbocycles. The molecule has 0 spiro atoms. The van der Waals surface area contributed by atoms with Gasteiger partial charge in [0, 0.05) is 41.0 Å². The Hall–Kier alpha value is -5.65. The molecule has 45 heavy (non-hydrogen) atoms. The molecule has 1 aliphatic rings. The lowest BCUT2D eigenvalue weighted by Gasteiger charge is -2.38. The predicted octanol–water partition coefficient (Wildman–Crippen LogP) is 5.79. The van der Waals surface area contributed by atoms with Gasteiger partial charge >= 0.3 is 0 Å². The third kappa shape index (κ3) is 5.69. The van der Waals surface area contributed by atoms with Crippen LogP contribution in [0.25, 0.3) is 33.5 Å². The molecule has 1 amide bonds. The van der Waals surface area contributed by atoms with Crippen molar-refractivity contribution in [2.45, 2.75) is 12.5 Å². The minimum Gasteiger partial charge on any atom is -0.497 e. The van der Waals surface area contributed by atoms with Crippen LogP contribution in [0, 0.1) is 0 Å². The highest BCUT2D eigenvalue weighted by Gasteiger charge is 2.46. The Morgan fingerprint density at radius 3 is 2.47 bits per heavy atom. The van der Waals surface area contributed by atoms with E-state index in [1.807, 2.05) is 66.7 Å². The van der Waals surface area contributed by atoms with Crippen LogP contribution >= 0.6 is 0 Å². The van der Waals surface area contributed by atoms with Gasteiger partial charge in [-0.15, -0.1) is 0 Å². The highest BCUT2D eigenvalue weighted by molar-refractivity contribution is 6.00. The van der Waals surface area contributed by atoms with E-state index in [2.05, 4.69) is 20.5 Å². The van der Waals surface area contributed by atoms with Crippen molar-refractivity contribution in [3.05, 3.63) is 103 Å². The fraction of sp³-hybridized carbons (Fsp3) is 0.182. The fourth-order valence-corrected chi connectivity index (χ4v) is 5.33. The number of fused-ring (bicyclic) bond motifs is 1. The van der Waals surface area contributed by atoms with Gasteiger partial charge in [0.05, 0.1) is 32.9 Å². The number of aromatic nitrogens is 6. The van der Waals surface area contributed by atoms with Crippen molar-refractivity contribution in [3.8, 4) is 28.4 Å². The molecule has 1 aliphatic heterocycles. The van der Waals surface area contributed by atoms with Crippen molar-refractivity contribution in [3.63, 3.8) is 0 Å². The van der Waals surface area contributed by atoms with Crippen molar-refractivity contribution < 1.29 is 18.3 Å². The van der Waals surface area contributed by atoms with Gasteiger partial charge in [-0.2, -0.15) is 15.0 Å². The highest BCUT2D eigenvalue weighted by atomic mass is 19.3. The van der Waals surface area contributed by atoms with Crippen LogP contribution in [0.1, 0.15) is 16.1 Å². The molecule has 0 atom stereocenters. The van der Waals surface area contributed by atoms with Gasteiger partial charge in [-0.25, -0.2) is 18.7 Å². The third-order valence-corrected chi connectivity index (χ3v) is 7.78. The minimum atomic E-state index is -2.81. The lowest BCUT2D eigenvalue weighted by atomic mass is 10.1. The van der Waals surface area contributed by atoms with Crippen LogP contribution in [0.4, 0.5) is 20.3 Å². The van der Waals surface area contributed by atoms with Crippen molar-refractivity contribution in [1.29, 1.82) is 0 Å². The summed E-state index contributed by atoms with van der Waals surface area (Å²) in [6, 6.07) is 24.8. The summed E-state index contributed by atoms with van der Waals surface area (Å²) >= 11 is 0. The van der Waals surface area contributed by atoms with Gasteiger partial charge in [-0.1, -0.05) is 36.4 Å². The van der Waals surface area contributed by atoms with Crippen LogP contribution in [-0.4, -0.2) is 66.5 Å². The number of halogens is 2. The number of nitrogens with one attached hydrogen (secondary N) is 1. The number of carbonyl (C=O) groups is 1. The molecule has 10 nitrogen and oxygen atoms in total. The summed E-state index contributed by atoms with van der Waals surface area (Å²) in [5.41, 5.74) is 5.51. The van der Waals surface area contributed by atoms with Gasteiger partial charge in [0.2, 0.25) is 0 Å². The van der Waals surface area contributed by atoms with Crippen molar-refractivity contribution in [1.82, 2.24) is 34.4 Å². The van der Waals surface area contributed by atoms with E-state index in [4.69, 9.17) is 9.72 Å². The first kappa shape index (κ1) is 28.1. The van der Waals surface area contributed by atoms with E-state index in [1.165, 1.54) is 0 Å². The monoisotopic (exact) mass is 606 g/mol. The SMILES string of the molecule is COc1ccc(Cn2ncc(-c3ccc(Nc4ccnc(-c5ccc6cc(C(=O)N7CC(F)(F)C7)n(C)c6c5)n4)cc3)n2)cc1. The Morgan fingerprint density at radius 2 is 1.73 bits per heavy atom. The maximum absolute atomic E-state index is 13.3. The van der Waals surface area contributed by atoms with Crippen LogP contribution in [0.15, 0.2) is 91.3 Å². The molecule has 1 N–H and O–H groups in total. The Kier molecular flexibility index (Phi) is 6.96. The van der Waals surface area contributed by atoms with Gasteiger partial charge in [-0.3, -0.25) is 4.79 Å². The molecule has 3 aromatic heterocycles. The molecule has 0 radical (unpaired) electrons. The fourth-order valence-electron chi connectivity index (χ4n) is 5.33. The van der Waals surface area contributed by atoms with E-state index < -0.39 is 24.9 Å². The lowest BCUT2D eigenvalue weighted by Crippen LogP contribution is -2.58. The quantitative estimate of drug-likeness (QED) is 0.234. The number of aryl methyl sites for hydroxylation is 1. The summed E-state index contributed by atoms with van der Waals surface area (Å²) in [6.45, 7) is -0.556. The number of anilines is 2. The number of carbonyl (C=O) groups excluding carboxylic acids is 1. The van der Waals surface area contributed by atoms with E-state index in [-0.39, 0.29) is 0 Å². The average molecular weight is 607 g/mol. The summed E-state index contributed by atoms with van der Waals surface area (Å²) in [7, 11) is 3.39. The minimum absolute atomic E-state index is 0.359. The van der Waals surface area contributed by atoms with Gasteiger partial charge in [0.15, 0.2) is 5.82 Å². The van der Waals surface area contributed by atoms with Crippen molar-refractivity contribution in [2.24, 2.45) is 7.05 Å². The maximum Gasteiger partial charge on any atom is 0.282 e. The number of rotatable bonds is 8. The zero-order valence-electron chi connectivity index (χ0n) is 24.5. The Balaban J connectivity index is 1.04. The number of hydrogen-bond acceptors (Lipinski definition) is 7. The van der Waals surface area contributed by atoms with Gasteiger partial charge < -0.3 is 19.5 Å². The van der Waals surface area contributed by atoms with E-state index in [1.54, 1.807) is 48.0 Å². The van der Waals surface area contributed by atoms with E-state index in [9.17, 15) is 13.6 Å². The molecule has 4 heterocycles. The molecular weight excluding hydrogens is 578 g/mol. The zero-order valence-corrected chi connectivity index (χ0v) is 24.5. The van der Waals surface area contributed by atoms with Crippen LogP contribution in [0.5, 0.6) is 5.75 Å². The van der Waals surface area contributed by atoms with Crippen LogP contribution in [0.2, 0.25) is 0 Å². The number of nitrogens with zero attached hydrogens (tertiary/aromatic N) is 7. The Morgan fingerprint density at radius 1 is 0.978 bits per heavy atom. The molecule has 3 aromatic carbocycles. The van der Waals surface area contributed by atoms with Crippen LogP contribution in [-0.2, 0) is 13.6 Å². The molecule has 0 unspecified atom stereocenters. The standard InChI is InChI=1S/C33H28F2N8O2/c1-41-28-16-24(6-5-23(28)15-29(41)32(44)42-19-33(34,35)20-42)31-36-14-13-30(39-31)38-25-9-7-22(8-10-25)27-17-37-43(40-27)18-21-3-11-26(45-2)12-4-21/h3-17H,18-20H2,1-2H3,(H,36,38,39). The van der Waals surface area contributed by atoms with E-state index >= 15 is 0 Å². The number of ether oxygens (including phenoxy) is 1. The second-order valence-electron chi connectivity index (χ2n) is 11.0. The van der Waals surface area contributed by atoms with Crippen molar-refractivity contribution >= 4 is 28.3 Å². The summed E-state index contributed by atoms with van der Waals surface area (Å²) < 4.78 is 33.6. The van der Waals surface area contributed by atoms with Gasteiger partial charge in [-0.05, 0) is 48.0 Å². The summed E-state index contributed by atoms with van der Waals surface area (Å²) in [5, 5.41) is 13.2. The number of hydrogen-bond donors (Lipinski definition) is 1. The lowest BCUT2D eigenvalue weighted by molar-refractivity contribution is -0.113. The molecule has 226 valence electrons. The second-order valence-corrected chi connectivity index (χ2v) is 11.0. The molecule has 0 saturated carbocycles. The summed E-state index contributed by atoms with van der Waals surface area (Å²) in [4.78, 5) is 24.8. The van der Waals surface area contributed by atoms with Gasteiger partial charge in [0.1, 0.15) is 23.0 Å². The zero-order chi connectivity index (χ0) is 31.1. The Labute approximate surface area is 256 Å². The number of benzene rings is 3. The molecule has 0 bridgehead atoms. The molecule has 12 heteroatoms. The average Bonchev–Trinajstić information content (AvgIpc) is 3.64. The predicted molar refractivity (Wildman–Crippen MR) is 166 cm³/mol. The van der Waals surface area contributed by atoms with Crippen LogP contribution in [0.3, 0.4) is 0 Å². The van der Waals surface area contributed by atoms with E-state index in [0.717, 1.165) is 49.6 Å². The normalized spacial score (nSPS) is 13.9. The number of alkyl halides is 2. The van der Waals surface area contributed by atoms with Crippen molar-refractivity contribution in [2.75, 3.05) is 25.5 Å². The number of likely N-dealkylation sites (tertiary alicyclic amines) is 1. The first-order valence-corrected chi connectivity index (χ1v) is 14.3. The number of methoxy groups -OCH3 is 1. The maximum atomic E-state index is 13.3. The highest BCUT2D eigenvalue weighted by Crippen LogP contribution is 2.31. The number of amides is 1. The van der Waals surface area contributed by atoms with E-state index in [0.29, 0.717) is 23.9 Å². The van der Waals surface area contributed by atoms with Crippen LogP contribution < -0.4 is 10.1 Å². The molecule has 7 rings (SSSR count). The Bertz CT molecular complexity index is 2010. The smallest absolute Gasteiger partial charge is 0.282 e. The summed E-state index contributed by atoms with van der Waals surface area (Å²) in [5.74, 6) is -1.30. The topological polar surface area (TPSA) is 103 Å². The summed E-state index contributed by atoms with van der Waals surface area (Å²) in [6.07, 6.45) is 3.42. The molecule has 1 saturated heterocycles. The molecular formula is C33H28F2N8O2.